The van der Waals surface area contributed by atoms with Gasteiger partial charge in [-0.1, -0.05) is 34.1 Å². The van der Waals surface area contributed by atoms with E-state index in [1.165, 1.54) is 12.1 Å². The van der Waals surface area contributed by atoms with Gasteiger partial charge in [0.15, 0.2) is 0 Å². The van der Waals surface area contributed by atoms with Gasteiger partial charge in [-0.3, -0.25) is 9.59 Å². The van der Waals surface area contributed by atoms with E-state index in [0.29, 0.717) is 11.0 Å². The molecule has 1 saturated heterocycles. The molecule has 0 aromatic heterocycles. The van der Waals surface area contributed by atoms with Gasteiger partial charge in [0.05, 0.1) is 11.6 Å². The number of nitrogens with zero attached hydrogens (tertiary/aromatic N) is 1. The molecule has 2 amide bonds. The summed E-state index contributed by atoms with van der Waals surface area (Å²) in [6.45, 7) is 0.298. The third-order valence-electron chi connectivity index (χ3n) is 3.75. The number of amides is 2. The van der Waals surface area contributed by atoms with Gasteiger partial charge < -0.3 is 10.2 Å². The summed E-state index contributed by atoms with van der Waals surface area (Å²) < 4.78 is 14.4. The van der Waals surface area contributed by atoms with Crippen LogP contribution in [-0.4, -0.2) is 18.4 Å². The number of halogens is 2. The van der Waals surface area contributed by atoms with Gasteiger partial charge in [-0.2, -0.15) is 0 Å². The van der Waals surface area contributed by atoms with Crippen LogP contribution in [0.1, 0.15) is 6.42 Å². The summed E-state index contributed by atoms with van der Waals surface area (Å²) in [5.41, 5.74) is 0.881. The van der Waals surface area contributed by atoms with Crippen molar-refractivity contribution in [2.45, 2.75) is 6.42 Å². The Morgan fingerprint density at radius 2 is 1.96 bits per heavy atom. The molecule has 1 aliphatic rings. The summed E-state index contributed by atoms with van der Waals surface area (Å²) in [5.74, 6) is -1.46. The Kier molecular flexibility index (Phi) is 4.43. The van der Waals surface area contributed by atoms with Gasteiger partial charge in [0.2, 0.25) is 11.8 Å². The number of nitrogens with one attached hydrogen (secondary N) is 1. The molecule has 0 radical (unpaired) electrons. The van der Waals surface area contributed by atoms with Crippen molar-refractivity contribution >= 4 is 39.1 Å². The van der Waals surface area contributed by atoms with Crippen LogP contribution in [0.3, 0.4) is 0 Å². The van der Waals surface area contributed by atoms with Crippen molar-refractivity contribution in [2.24, 2.45) is 5.92 Å². The standard InChI is InChI=1S/C17H14BrFN2O2/c18-12-6-7-15(14(19)9-12)20-17(23)11-8-16(22)21(10-11)13-4-2-1-3-5-13/h1-7,9,11H,8,10H2,(H,20,23)/t11-/m1/s1. The molecule has 2 aromatic carbocycles. The molecule has 4 nitrogen and oxygen atoms in total. The zero-order valence-corrected chi connectivity index (χ0v) is 13.7. The minimum atomic E-state index is -0.517. The fourth-order valence-electron chi connectivity index (χ4n) is 2.57. The topological polar surface area (TPSA) is 49.4 Å². The molecule has 0 aliphatic carbocycles. The fourth-order valence-corrected chi connectivity index (χ4v) is 2.90. The van der Waals surface area contributed by atoms with E-state index in [9.17, 15) is 14.0 Å². The molecule has 6 heteroatoms. The molecule has 1 fully saturated rings. The van der Waals surface area contributed by atoms with E-state index in [4.69, 9.17) is 0 Å². The molecule has 1 aliphatic heterocycles. The summed E-state index contributed by atoms with van der Waals surface area (Å²) in [4.78, 5) is 26.0. The quantitative estimate of drug-likeness (QED) is 0.889. The molecule has 1 heterocycles. The first kappa shape index (κ1) is 15.7. The normalized spacial score (nSPS) is 17.4. The van der Waals surface area contributed by atoms with Crippen molar-refractivity contribution in [3.05, 3.63) is 58.8 Å². The van der Waals surface area contributed by atoms with Crippen LogP contribution in [0.4, 0.5) is 15.8 Å². The third-order valence-corrected chi connectivity index (χ3v) is 4.25. The Bertz CT molecular complexity index is 752. The highest BCUT2D eigenvalue weighted by Crippen LogP contribution is 2.26. The fraction of sp³-hybridized carbons (Fsp3) is 0.176. The van der Waals surface area contributed by atoms with Gasteiger partial charge in [-0.05, 0) is 30.3 Å². The lowest BCUT2D eigenvalue weighted by molar-refractivity contribution is -0.122. The van der Waals surface area contributed by atoms with Gasteiger partial charge in [-0.15, -0.1) is 0 Å². The number of para-hydroxylation sites is 1. The van der Waals surface area contributed by atoms with Gasteiger partial charge in [0, 0.05) is 23.1 Å². The highest BCUT2D eigenvalue weighted by Gasteiger charge is 2.35. The van der Waals surface area contributed by atoms with E-state index in [2.05, 4.69) is 21.2 Å². The highest BCUT2D eigenvalue weighted by molar-refractivity contribution is 9.10. The number of carbonyl (C=O) groups is 2. The summed E-state index contributed by atoms with van der Waals surface area (Å²) in [7, 11) is 0. The summed E-state index contributed by atoms with van der Waals surface area (Å²) >= 11 is 3.17. The van der Waals surface area contributed by atoms with Crippen LogP contribution >= 0.6 is 15.9 Å². The molecular weight excluding hydrogens is 363 g/mol. The Morgan fingerprint density at radius 1 is 1.22 bits per heavy atom. The van der Waals surface area contributed by atoms with Crippen molar-refractivity contribution in [3.63, 3.8) is 0 Å². The summed E-state index contributed by atoms with van der Waals surface area (Å²) in [6.07, 6.45) is 0.124. The minimum Gasteiger partial charge on any atom is -0.323 e. The summed E-state index contributed by atoms with van der Waals surface area (Å²) in [6, 6.07) is 13.6. The predicted octanol–water partition coefficient (Wildman–Crippen LogP) is 3.58. The lowest BCUT2D eigenvalue weighted by Crippen LogP contribution is -2.28. The van der Waals surface area contributed by atoms with Crippen LogP contribution in [0.15, 0.2) is 53.0 Å². The molecular formula is C17H14BrFN2O2. The van der Waals surface area contributed by atoms with Crippen molar-refractivity contribution in [1.29, 1.82) is 0 Å². The molecule has 0 saturated carbocycles. The average Bonchev–Trinajstić information content (AvgIpc) is 2.93. The number of benzene rings is 2. The van der Waals surface area contributed by atoms with Crippen LogP contribution in [0, 0.1) is 11.7 Å². The number of carbonyl (C=O) groups excluding carboxylic acids is 2. The average molecular weight is 377 g/mol. The van der Waals surface area contributed by atoms with E-state index in [0.717, 1.165) is 5.69 Å². The minimum absolute atomic E-state index is 0.104. The van der Waals surface area contributed by atoms with E-state index in [-0.39, 0.29) is 23.9 Å². The van der Waals surface area contributed by atoms with Crippen LogP contribution < -0.4 is 10.2 Å². The molecule has 2 aromatic rings. The third kappa shape index (κ3) is 3.42. The molecule has 118 valence electrons. The SMILES string of the molecule is O=C(Nc1ccc(Br)cc1F)[C@@H]1CC(=O)N(c2ccccc2)C1. The predicted molar refractivity (Wildman–Crippen MR) is 89.6 cm³/mol. The Hall–Kier alpha value is -2.21. The van der Waals surface area contributed by atoms with Gasteiger partial charge >= 0.3 is 0 Å². The highest BCUT2D eigenvalue weighted by atomic mass is 79.9. The molecule has 23 heavy (non-hydrogen) atoms. The van der Waals surface area contributed by atoms with Crippen LogP contribution in [0.25, 0.3) is 0 Å². The first-order chi connectivity index (χ1) is 11.0. The van der Waals surface area contributed by atoms with Gasteiger partial charge in [0.1, 0.15) is 5.82 Å². The number of rotatable bonds is 3. The Balaban J connectivity index is 1.71. The monoisotopic (exact) mass is 376 g/mol. The second kappa shape index (κ2) is 6.50. The lowest BCUT2D eigenvalue weighted by Gasteiger charge is -2.16. The van der Waals surface area contributed by atoms with E-state index < -0.39 is 11.7 Å². The molecule has 3 rings (SSSR count). The van der Waals surface area contributed by atoms with Gasteiger partial charge in [0.25, 0.3) is 0 Å². The second-order valence-corrected chi connectivity index (χ2v) is 6.27. The maximum absolute atomic E-state index is 13.8. The first-order valence-corrected chi connectivity index (χ1v) is 7.95. The van der Waals surface area contributed by atoms with Crippen molar-refractivity contribution in [2.75, 3.05) is 16.8 Å². The van der Waals surface area contributed by atoms with Crippen LogP contribution in [0.5, 0.6) is 0 Å². The zero-order valence-electron chi connectivity index (χ0n) is 12.1. The number of hydrogen-bond acceptors (Lipinski definition) is 2. The van der Waals surface area contributed by atoms with Crippen molar-refractivity contribution < 1.29 is 14.0 Å². The number of hydrogen-bond donors (Lipinski definition) is 1. The van der Waals surface area contributed by atoms with Crippen LogP contribution in [-0.2, 0) is 9.59 Å². The molecule has 0 unspecified atom stereocenters. The lowest BCUT2D eigenvalue weighted by atomic mass is 10.1. The Morgan fingerprint density at radius 3 is 2.65 bits per heavy atom. The van der Waals surface area contributed by atoms with E-state index in [1.54, 1.807) is 11.0 Å². The first-order valence-electron chi connectivity index (χ1n) is 7.16. The summed E-state index contributed by atoms with van der Waals surface area (Å²) in [5, 5.41) is 2.56. The molecule has 1 atom stereocenters. The van der Waals surface area contributed by atoms with Crippen molar-refractivity contribution in [3.8, 4) is 0 Å². The molecule has 0 bridgehead atoms. The number of anilines is 2. The molecule has 1 N–H and O–H groups in total. The van der Waals surface area contributed by atoms with Crippen LogP contribution in [0.2, 0.25) is 0 Å². The van der Waals surface area contributed by atoms with E-state index >= 15 is 0 Å². The van der Waals surface area contributed by atoms with Crippen molar-refractivity contribution in [1.82, 2.24) is 0 Å². The smallest absolute Gasteiger partial charge is 0.229 e. The molecule has 0 spiro atoms. The maximum Gasteiger partial charge on any atom is 0.229 e. The zero-order chi connectivity index (χ0) is 16.4. The maximum atomic E-state index is 13.8. The van der Waals surface area contributed by atoms with E-state index in [1.807, 2.05) is 30.3 Å². The largest absolute Gasteiger partial charge is 0.323 e. The van der Waals surface area contributed by atoms with Gasteiger partial charge in [-0.25, -0.2) is 4.39 Å². The second-order valence-electron chi connectivity index (χ2n) is 5.35. The Labute approximate surface area is 141 Å².